The lowest BCUT2D eigenvalue weighted by Crippen LogP contribution is -2.35. The van der Waals surface area contributed by atoms with Gasteiger partial charge in [-0.1, -0.05) is 36.4 Å². The first-order chi connectivity index (χ1) is 14.9. The van der Waals surface area contributed by atoms with Crippen molar-refractivity contribution in [3.05, 3.63) is 106 Å². The normalized spacial score (nSPS) is 12.0. The third kappa shape index (κ3) is 3.72. The van der Waals surface area contributed by atoms with E-state index in [1.54, 1.807) is 38.2 Å². The summed E-state index contributed by atoms with van der Waals surface area (Å²) in [6.07, 6.45) is 0. The molecule has 0 aliphatic rings. The Hall–Kier alpha value is -3.80. The molecule has 4 rings (SSSR count). The van der Waals surface area contributed by atoms with Gasteiger partial charge >= 0.3 is 0 Å². The van der Waals surface area contributed by atoms with Gasteiger partial charge in [0, 0.05) is 7.05 Å². The van der Waals surface area contributed by atoms with Crippen molar-refractivity contribution >= 4 is 16.8 Å². The monoisotopic (exact) mass is 415 g/mol. The highest BCUT2D eigenvalue weighted by atomic mass is 19.1. The molecule has 0 aliphatic heterocycles. The first-order valence-corrected chi connectivity index (χ1v) is 9.99. The molecular weight excluding hydrogens is 393 g/mol. The van der Waals surface area contributed by atoms with Crippen molar-refractivity contribution in [2.75, 3.05) is 7.05 Å². The number of hydrogen-bond donors (Lipinski definition) is 0. The van der Waals surface area contributed by atoms with E-state index in [0.717, 1.165) is 5.56 Å². The maximum atomic E-state index is 14.2. The lowest BCUT2D eigenvalue weighted by molar-refractivity contribution is 0.0730. The van der Waals surface area contributed by atoms with Crippen LogP contribution >= 0.6 is 0 Å². The maximum absolute atomic E-state index is 14.2. The smallest absolute Gasteiger partial charge is 0.266 e. The second-order valence-electron chi connectivity index (χ2n) is 7.54. The van der Waals surface area contributed by atoms with E-state index < -0.39 is 17.8 Å². The molecule has 0 radical (unpaired) electrons. The second-order valence-corrected chi connectivity index (χ2v) is 7.54. The van der Waals surface area contributed by atoms with Gasteiger partial charge in [-0.2, -0.15) is 0 Å². The van der Waals surface area contributed by atoms with E-state index in [2.05, 4.69) is 0 Å². The quantitative estimate of drug-likeness (QED) is 0.487. The van der Waals surface area contributed by atoms with Gasteiger partial charge in [0.25, 0.3) is 11.5 Å². The summed E-state index contributed by atoms with van der Waals surface area (Å²) >= 11 is 0. The molecular formula is C25H22FN3O2. The Balaban J connectivity index is 1.90. The lowest BCUT2D eigenvalue weighted by atomic mass is 10.1. The summed E-state index contributed by atoms with van der Waals surface area (Å²) in [4.78, 5) is 32.6. The first-order valence-electron chi connectivity index (χ1n) is 9.99. The van der Waals surface area contributed by atoms with E-state index in [-0.39, 0.29) is 11.1 Å². The zero-order valence-corrected chi connectivity index (χ0v) is 17.5. The molecule has 0 aliphatic carbocycles. The Labute approximate surface area is 179 Å². The second kappa shape index (κ2) is 8.14. The molecule has 156 valence electrons. The first kappa shape index (κ1) is 20.5. The largest absolute Gasteiger partial charge is 0.332 e. The third-order valence-corrected chi connectivity index (χ3v) is 5.44. The number of halogens is 1. The highest BCUT2D eigenvalue weighted by molar-refractivity contribution is 5.94. The SMILES string of the molecule is Cc1cccc(-n2c(C(C)N(C)C(=O)c3ccccc3F)nc3ccccc3c2=O)c1. The van der Waals surface area contributed by atoms with Gasteiger partial charge in [0.1, 0.15) is 11.6 Å². The number of aromatic nitrogens is 2. The van der Waals surface area contributed by atoms with E-state index in [1.807, 2.05) is 37.3 Å². The van der Waals surface area contributed by atoms with Gasteiger partial charge in [-0.3, -0.25) is 14.2 Å². The van der Waals surface area contributed by atoms with Crippen LogP contribution in [0.5, 0.6) is 0 Å². The number of rotatable bonds is 4. The van der Waals surface area contributed by atoms with Crippen LogP contribution in [0.15, 0.2) is 77.6 Å². The van der Waals surface area contributed by atoms with E-state index in [0.29, 0.717) is 22.4 Å². The molecule has 0 spiro atoms. The average molecular weight is 415 g/mol. The van der Waals surface area contributed by atoms with Gasteiger partial charge in [0.15, 0.2) is 0 Å². The highest BCUT2D eigenvalue weighted by Crippen LogP contribution is 2.24. The lowest BCUT2D eigenvalue weighted by Gasteiger charge is -2.27. The van der Waals surface area contributed by atoms with Crippen molar-refractivity contribution in [2.24, 2.45) is 0 Å². The minimum atomic E-state index is -0.593. The predicted molar refractivity (Wildman–Crippen MR) is 119 cm³/mol. The van der Waals surface area contributed by atoms with E-state index in [4.69, 9.17) is 4.98 Å². The minimum absolute atomic E-state index is 0.0258. The fourth-order valence-corrected chi connectivity index (χ4v) is 3.62. The molecule has 0 bridgehead atoms. The fraction of sp³-hybridized carbons (Fsp3) is 0.160. The number of amides is 1. The number of carbonyl (C=O) groups excluding carboxylic acids is 1. The topological polar surface area (TPSA) is 55.2 Å². The molecule has 1 aromatic heterocycles. The van der Waals surface area contributed by atoms with Crippen molar-refractivity contribution in [1.82, 2.24) is 14.5 Å². The number of fused-ring (bicyclic) bond motifs is 1. The van der Waals surface area contributed by atoms with Crippen molar-refractivity contribution in [1.29, 1.82) is 0 Å². The number of nitrogens with zero attached hydrogens (tertiary/aromatic N) is 3. The standard InChI is InChI=1S/C25H22FN3O2/c1-16-9-8-10-18(15-16)29-23(27-22-14-7-5-12-20(22)25(29)31)17(2)28(3)24(30)19-11-4-6-13-21(19)26/h4-15,17H,1-3H3. The fourth-order valence-electron chi connectivity index (χ4n) is 3.62. The summed E-state index contributed by atoms with van der Waals surface area (Å²) in [5.74, 6) is -0.667. The molecule has 3 aromatic carbocycles. The number of carbonyl (C=O) groups is 1. The van der Waals surface area contributed by atoms with Crippen LogP contribution in [0.3, 0.4) is 0 Å². The molecule has 0 saturated heterocycles. The van der Waals surface area contributed by atoms with E-state index in [1.165, 1.54) is 27.7 Å². The van der Waals surface area contributed by atoms with E-state index in [9.17, 15) is 14.0 Å². The van der Waals surface area contributed by atoms with Crippen LogP contribution in [-0.2, 0) is 0 Å². The number of para-hydroxylation sites is 1. The maximum Gasteiger partial charge on any atom is 0.266 e. The van der Waals surface area contributed by atoms with Gasteiger partial charge in [-0.05, 0) is 55.8 Å². The molecule has 5 nitrogen and oxygen atoms in total. The molecule has 0 saturated carbocycles. The van der Waals surface area contributed by atoms with Gasteiger partial charge in [0.05, 0.1) is 28.2 Å². The Morgan fingerprint density at radius 2 is 1.74 bits per heavy atom. The van der Waals surface area contributed by atoms with Gasteiger partial charge < -0.3 is 4.90 Å². The molecule has 0 N–H and O–H groups in total. The van der Waals surface area contributed by atoms with Crippen molar-refractivity contribution in [3.63, 3.8) is 0 Å². The summed E-state index contributed by atoms with van der Waals surface area (Å²) in [7, 11) is 1.58. The Morgan fingerprint density at radius 3 is 2.48 bits per heavy atom. The molecule has 31 heavy (non-hydrogen) atoms. The number of benzene rings is 3. The molecule has 0 fully saturated rings. The zero-order valence-electron chi connectivity index (χ0n) is 17.5. The van der Waals surface area contributed by atoms with Gasteiger partial charge in [-0.25, -0.2) is 9.37 Å². The third-order valence-electron chi connectivity index (χ3n) is 5.44. The summed E-state index contributed by atoms with van der Waals surface area (Å²) in [5, 5.41) is 0.489. The van der Waals surface area contributed by atoms with Crippen LogP contribution in [0.4, 0.5) is 4.39 Å². The van der Waals surface area contributed by atoms with Crippen molar-refractivity contribution in [2.45, 2.75) is 19.9 Å². The van der Waals surface area contributed by atoms with Crippen LogP contribution in [-0.4, -0.2) is 27.4 Å². The highest BCUT2D eigenvalue weighted by Gasteiger charge is 2.26. The van der Waals surface area contributed by atoms with Crippen LogP contribution in [0, 0.1) is 12.7 Å². The van der Waals surface area contributed by atoms with Crippen LogP contribution < -0.4 is 5.56 Å². The predicted octanol–water partition coefficient (Wildman–Crippen LogP) is 4.67. The number of hydrogen-bond acceptors (Lipinski definition) is 3. The van der Waals surface area contributed by atoms with Crippen LogP contribution in [0.2, 0.25) is 0 Å². The van der Waals surface area contributed by atoms with Crippen LogP contribution in [0.1, 0.15) is 34.7 Å². The van der Waals surface area contributed by atoms with Gasteiger partial charge in [0.2, 0.25) is 0 Å². The summed E-state index contributed by atoms with van der Waals surface area (Å²) < 4.78 is 15.7. The molecule has 1 atom stereocenters. The van der Waals surface area contributed by atoms with Crippen molar-refractivity contribution in [3.8, 4) is 5.69 Å². The zero-order chi connectivity index (χ0) is 22.1. The summed E-state index contributed by atoms with van der Waals surface area (Å²) in [6, 6.07) is 19.9. The Kier molecular flexibility index (Phi) is 5.38. The Morgan fingerprint density at radius 1 is 1.03 bits per heavy atom. The molecule has 6 heteroatoms. The van der Waals surface area contributed by atoms with Crippen LogP contribution in [0.25, 0.3) is 16.6 Å². The molecule has 4 aromatic rings. The summed E-state index contributed by atoms with van der Waals surface area (Å²) in [5.41, 5.74) is 1.96. The van der Waals surface area contributed by atoms with Crippen molar-refractivity contribution < 1.29 is 9.18 Å². The molecule has 1 amide bonds. The van der Waals surface area contributed by atoms with Gasteiger partial charge in [-0.15, -0.1) is 0 Å². The molecule has 1 unspecified atom stereocenters. The Bertz CT molecular complexity index is 1350. The van der Waals surface area contributed by atoms with E-state index >= 15 is 0 Å². The molecule has 1 heterocycles. The minimum Gasteiger partial charge on any atom is -0.332 e. The summed E-state index contributed by atoms with van der Waals surface area (Å²) in [6.45, 7) is 3.72. The average Bonchev–Trinajstić information content (AvgIpc) is 2.78. The number of aryl methyl sites for hydroxylation is 1.